The molecule has 5 N–H and O–H groups in total. The van der Waals surface area contributed by atoms with Crippen LogP contribution in [-0.4, -0.2) is 42.7 Å². The number of hydrogen-bond donors (Lipinski definition) is 4. The molecular weight excluding hydrogens is 336 g/mol. The van der Waals surface area contributed by atoms with Crippen molar-refractivity contribution in [2.45, 2.75) is 12.5 Å². The number of fused-ring (bicyclic) bond motifs is 1. The zero-order valence-electron chi connectivity index (χ0n) is 13.0. The highest BCUT2D eigenvalue weighted by atomic mass is 32.2. The maximum absolute atomic E-state index is 12.1. The van der Waals surface area contributed by atoms with Crippen molar-refractivity contribution in [3.05, 3.63) is 23.8 Å². The van der Waals surface area contributed by atoms with E-state index in [4.69, 9.17) is 15.2 Å². The highest BCUT2D eigenvalue weighted by Gasteiger charge is 2.21. The molecule has 4 amide bonds. The van der Waals surface area contributed by atoms with Crippen molar-refractivity contribution in [3.8, 4) is 11.5 Å². The van der Waals surface area contributed by atoms with Crippen molar-refractivity contribution >= 4 is 29.6 Å². The molecule has 0 bridgehead atoms. The summed E-state index contributed by atoms with van der Waals surface area (Å²) in [5, 5.41) is 2.34. The van der Waals surface area contributed by atoms with Gasteiger partial charge in [0.1, 0.15) is 6.04 Å². The number of rotatable bonds is 6. The number of thioether (sulfide) groups is 1. The zero-order valence-corrected chi connectivity index (χ0v) is 13.8. The van der Waals surface area contributed by atoms with E-state index in [-0.39, 0.29) is 6.79 Å². The molecule has 24 heavy (non-hydrogen) atoms. The molecule has 1 atom stereocenters. The van der Waals surface area contributed by atoms with Gasteiger partial charge in [-0.1, -0.05) is 0 Å². The number of hydrogen-bond acceptors (Lipinski definition) is 6. The van der Waals surface area contributed by atoms with Gasteiger partial charge in [0.25, 0.3) is 11.8 Å². The fraction of sp³-hybridized carbons (Fsp3) is 0.357. The second-order valence-corrected chi connectivity index (χ2v) is 5.84. The predicted octanol–water partition coefficient (Wildman–Crippen LogP) is -0.0337. The molecule has 130 valence electrons. The maximum Gasteiger partial charge on any atom is 0.312 e. The third kappa shape index (κ3) is 4.69. The van der Waals surface area contributed by atoms with Gasteiger partial charge in [-0.05, 0) is 36.6 Å². The fourth-order valence-electron chi connectivity index (χ4n) is 1.99. The van der Waals surface area contributed by atoms with E-state index in [1.165, 1.54) is 17.8 Å². The summed E-state index contributed by atoms with van der Waals surface area (Å²) in [6.45, 7) is 0.104. The van der Waals surface area contributed by atoms with Crippen LogP contribution in [0, 0.1) is 0 Å². The summed E-state index contributed by atoms with van der Waals surface area (Å²) in [6.07, 6.45) is 2.26. The molecule has 0 spiro atoms. The number of ether oxygens (including phenoxy) is 2. The Balaban J connectivity index is 1.91. The van der Waals surface area contributed by atoms with Crippen LogP contribution in [-0.2, 0) is 4.79 Å². The third-order valence-electron chi connectivity index (χ3n) is 3.18. The number of amides is 4. The molecule has 0 unspecified atom stereocenters. The fourth-order valence-corrected chi connectivity index (χ4v) is 2.46. The van der Waals surface area contributed by atoms with E-state index in [2.05, 4.69) is 16.2 Å². The summed E-state index contributed by atoms with van der Waals surface area (Å²) >= 11 is 1.52. The van der Waals surface area contributed by atoms with E-state index in [9.17, 15) is 14.4 Å². The Hall–Kier alpha value is -2.62. The topological polar surface area (TPSA) is 132 Å². The van der Waals surface area contributed by atoms with Crippen molar-refractivity contribution in [2.75, 3.05) is 18.8 Å². The minimum atomic E-state index is -0.827. The number of primary amides is 1. The SMILES string of the molecule is CSCC[C@@H](NC(N)=O)C(=O)NNC(=O)c1ccc2c(c1)OCO2. The van der Waals surface area contributed by atoms with Crippen LogP contribution < -0.4 is 31.4 Å². The van der Waals surface area contributed by atoms with Crippen LogP contribution in [0.3, 0.4) is 0 Å². The predicted molar refractivity (Wildman–Crippen MR) is 87.7 cm³/mol. The lowest BCUT2D eigenvalue weighted by molar-refractivity contribution is -0.123. The summed E-state index contributed by atoms with van der Waals surface area (Å²) in [4.78, 5) is 35.1. The summed E-state index contributed by atoms with van der Waals surface area (Å²) < 4.78 is 10.3. The van der Waals surface area contributed by atoms with Gasteiger partial charge in [0.2, 0.25) is 6.79 Å². The molecule has 10 heteroatoms. The van der Waals surface area contributed by atoms with Crippen molar-refractivity contribution in [2.24, 2.45) is 5.73 Å². The molecular formula is C14H18N4O5S. The molecule has 0 radical (unpaired) electrons. The van der Waals surface area contributed by atoms with Crippen molar-refractivity contribution in [3.63, 3.8) is 0 Å². The Labute approximate surface area is 142 Å². The van der Waals surface area contributed by atoms with Crippen LogP contribution in [0.1, 0.15) is 16.8 Å². The number of urea groups is 1. The summed E-state index contributed by atoms with van der Waals surface area (Å²) in [6, 6.07) is 3.03. The van der Waals surface area contributed by atoms with Crippen molar-refractivity contribution in [1.29, 1.82) is 0 Å². The lowest BCUT2D eigenvalue weighted by Gasteiger charge is -2.17. The van der Waals surface area contributed by atoms with Gasteiger partial charge in [-0.15, -0.1) is 0 Å². The molecule has 1 heterocycles. The molecule has 1 aliphatic heterocycles. The smallest absolute Gasteiger partial charge is 0.312 e. The zero-order chi connectivity index (χ0) is 17.5. The monoisotopic (exact) mass is 354 g/mol. The van der Waals surface area contributed by atoms with Crippen LogP contribution in [0.2, 0.25) is 0 Å². The Bertz CT molecular complexity index is 640. The van der Waals surface area contributed by atoms with E-state index >= 15 is 0 Å². The van der Waals surface area contributed by atoms with Crippen LogP contribution in [0.5, 0.6) is 11.5 Å². The lowest BCUT2D eigenvalue weighted by atomic mass is 10.2. The van der Waals surface area contributed by atoms with Crippen molar-refractivity contribution in [1.82, 2.24) is 16.2 Å². The molecule has 2 rings (SSSR count). The minimum Gasteiger partial charge on any atom is -0.454 e. The Morgan fingerprint density at radius 3 is 2.71 bits per heavy atom. The molecule has 0 fully saturated rings. The van der Waals surface area contributed by atoms with Gasteiger partial charge in [-0.3, -0.25) is 20.4 Å². The second kappa shape index (κ2) is 8.29. The quantitative estimate of drug-likeness (QED) is 0.530. The van der Waals surface area contributed by atoms with Gasteiger partial charge < -0.3 is 20.5 Å². The highest BCUT2D eigenvalue weighted by Crippen LogP contribution is 2.32. The number of carbonyl (C=O) groups is 3. The van der Waals surface area contributed by atoms with Crippen LogP contribution in [0.25, 0.3) is 0 Å². The number of hydrazine groups is 1. The molecule has 0 aromatic heterocycles. The molecule has 9 nitrogen and oxygen atoms in total. The first-order chi connectivity index (χ1) is 11.5. The van der Waals surface area contributed by atoms with Crippen LogP contribution >= 0.6 is 11.8 Å². The normalized spacial score (nSPS) is 13.0. The standard InChI is InChI=1S/C14H18N4O5S/c1-24-5-4-9(16-14(15)21)13(20)18-17-12(19)8-2-3-10-11(6-8)23-7-22-10/h2-3,6,9H,4-5,7H2,1H3,(H,17,19)(H,18,20)(H3,15,16,21)/t9-/m1/s1. The Kier molecular flexibility index (Phi) is 6.13. The molecule has 1 aliphatic rings. The average molecular weight is 354 g/mol. The number of nitrogens with two attached hydrogens (primary N) is 1. The molecule has 0 saturated heterocycles. The second-order valence-electron chi connectivity index (χ2n) is 4.85. The van der Waals surface area contributed by atoms with Gasteiger partial charge in [-0.2, -0.15) is 11.8 Å². The largest absolute Gasteiger partial charge is 0.454 e. The first-order valence-electron chi connectivity index (χ1n) is 7.06. The van der Waals surface area contributed by atoms with E-state index in [0.29, 0.717) is 29.2 Å². The summed E-state index contributed by atoms with van der Waals surface area (Å²) in [7, 11) is 0. The lowest BCUT2D eigenvalue weighted by Crippen LogP contribution is -2.53. The van der Waals surface area contributed by atoms with Gasteiger partial charge in [0.05, 0.1) is 0 Å². The highest BCUT2D eigenvalue weighted by molar-refractivity contribution is 7.98. The van der Waals surface area contributed by atoms with Crippen LogP contribution in [0.15, 0.2) is 18.2 Å². The average Bonchev–Trinajstić information content (AvgIpc) is 3.03. The number of carbonyl (C=O) groups excluding carboxylic acids is 3. The minimum absolute atomic E-state index is 0.104. The first kappa shape index (κ1) is 17.7. The molecule has 1 aromatic carbocycles. The first-order valence-corrected chi connectivity index (χ1v) is 8.45. The summed E-state index contributed by atoms with van der Waals surface area (Å²) in [5.74, 6) is 0.580. The Morgan fingerprint density at radius 1 is 1.25 bits per heavy atom. The maximum atomic E-state index is 12.1. The Morgan fingerprint density at radius 2 is 2.00 bits per heavy atom. The van der Waals surface area contributed by atoms with Crippen molar-refractivity contribution < 1.29 is 23.9 Å². The van der Waals surface area contributed by atoms with Gasteiger partial charge >= 0.3 is 6.03 Å². The van der Waals surface area contributed by atoms with Gasteiger partial charge in [0.15, 0.2) is 11.5 Å². The van der Waals surface area contributed by atoms with Gasteiger partial charge in [0, 0.05) is 5.56 Å². The van der Waals surface area contributed by atoms with E-state index in [1.807, 2.05) is 6.26 Å². The molecule has 0 aliphatic carbocycles. The number of nitrogens with one attached hydrogen (secondary N) is 3. The molecule has 0 saturated carbocycles. The third-order valence-corrected chi connectivity index (χ3v) is 3.82. The van der Waals surface area contributed by atoms with E-state index < -0.39 is 23.9 Å². The van der Waals surface area contributed by atoms with Crippen LogP contribution in [0.4, 0.5) is 4.79 Å². The summed E-state index contributed by atoms with van der Waals surface area (Å²) in [5.41, 5.74) is 9.91. The number of benzene rings is 1. The van der Waals surface area contributed by atoms with Gasteiger partial charge in [-0.25, -0.2) is 4.79 Å². The van der Waals surface area contributed by atoms with E-state index in [1.54, 1.807) is 12.1 Å². The molecule has 1 aromatic rings. The van der Waals surface area contributed by atoms with E-state index in [0.717, 1.165) is 0 Å².